The molecule has 2 N–H and O–H groups in total. The Kier molecular flexibility index (Phi) is 4.82. The van der Waals surface area contributed by atoms with Crippen LogP contribution in [0.1, 0.15) is 0 Å². The van der Waals surface area contributed by atoms with Crippen LogP contribution in [0.2, 0.25) is 0 Å². The van der Waals surface area contributed by atoms with E-state index in [-0.39, 0.29) is 11.4 Å². The van der Waals surface area contributed by atoms with E-state index in [0.29, 0.717) is 5.16 Å². The lowest BCUT2D eigenvalue weighted by Crippen LogP contribution is -2.35. The van der Waals surface area contributed by atoms with Gasteiger partial charge in [-0.25, -0.2) is 13.9 Å². The second-order valence-electron chi connectivity index (χ2n) is 3.86. The average Bonchev–Trinajstić information content (AvgIpc) is 2.84. The topological polar surface area (TPSA) is 102 Å². The van der Waals surface area contributed by atoms with Gasteiger partial charge in [-0.3, -0.25) is 10.1 Å². The van der Waals surface area contributed by atoms with Crippen molar-refractivity contribution in [2.45, 2.75) is 5.16 Å². The van der Waals surface area contributed by atoms with Crippen molar-refractivity contribution in [3.63, 3.8) is 0 Å². The van der Waals surface area contributed by atoms with Crippen LogP contribution in [0.5, 0.6) is 0 Å². The van der Waals surface area contributed by atoms with Crippen molar-refractivity contribution in [2.24, 2.45) is 7.05 Å². The Morgan fingerprint density at radius 3 is 2.81 bits per heavy atom. The largest absolute Gasteiger partial charge is 0.325 e. The zero-order chi connectivity index (χ0) is 15.2. The first-order chi connectivity index (χ1) is 10.1. The first-order valence-corrected chi connectivity index (χ1v) is 6.75. The quantitative estimate of drug-likeness (QED) is 0.810. The number of rotatable bonds is 4. The van der Waals surface area contributed by atoms with Crippen LogP contribution in [0.3, 0.4) is 0 Å². The molecule has 21 heavy (non-hydrogen) atoms. The van der Waals surface area contributed by atoms with Crippen molar-refractivity contribution in [1.82, 2.24) is 25.5 Å². The number of carbonyl (C=O) groups is 2. The minimum Gasteiger partial charge on any atom is -0.305 e. The highest BCUT2D eigenvalue weighted by atomic mass is 32.2. The number of aromatic nitrogens is 4. The van der Waals surface area contributed by atoms with Gasteiger partial charge in [-0.2, -0.15) is 0 Å². The minimum absolute atomic E-state index is 0.00652. The van der Waals surface area contributed by atoms with Crippen molar-refractivity contribution in [3.8, 4) is 0 Å². The van der Waals surface area contributed by atoms with Gasteiger partial charge in [-0.1, -0.05) is 23.9 Å². The highest BCUT2D eigenvalue weighted by Gasteiger charge is 2.12. The third kappa shape index (κ3) is 4.24. The summed E-state index contributed by atoms with van der Waals surface area (Å²) >= 11 is 1.07. The van der Waals surface area contributed by atoms with Crippen LogP contribution in [0, 0.1) is 5.82 Å². The molecule has 1 aromatic heterocycles. The number of nitrogens with one attached hydrogen (secondary N) is 2. The fourth-order valence-electron chi connectivity index (χ4n) is 1.35. The number of carbonyl (C=O) groups excluding carboxylic acids is 2. The van der Waals surface area contributed by atoms with Gasteiger partial charge in [-0.05, 0) is 22.6 Å². The standard InChI is InChI=1S/C11H11FN6O2S/c1-18-11(15-16-17-18)21-6-9(19)14-10(20)13-8-5-3-2-4-7(8)12/h2-5H,6H2,1H3,(H2,13,14,19,20). The van der Waals surface area contributed by atoms with Gasteiger partial charge in [-0.15, -0.1) is 5.10 Å². The molecule has 3 amide bonds. The van der Waals surface area contributed by atoms with Gasteiger partial charge in [0.25, 0.3) is 0 Å². The van der Waals surface area contributed by atoms with E-state index < -0.39 is 17.8 Å². The average molecular weight is 310 g/mol. The van der Waals surface area contributed by atoms with E-state index in [2.05, 4.69) is 26.2 Å². The summed E-state index contributed by atoms with van der Waals surface area (Å²) in [7, 11) is 1.63. The van der Waals surface area contributed by atoms with E-state index in [1.807, 2.05) is 0 Å². The lowest BCUT2D eigenvalue weighted by atomic mass is 10.3. The Bertz CT molecular complexity index is 662. The Morgan fingerprint density at radius 1 is 1.38 bits per heavy atom. The van der Waals surface area contributed by atoms with Crippen molar-refractivity contribution < 1.29 is 14.0 Å². The number of nitrogens with zero attached hydrogens (tertiary/aromatic N) is 4. The number of hydrogen-bond donors (Lipinski definition) is 2. The Morgan fingerprint density at radius 2 is 2.14 bits per heavy atom. The van der Waals surface area contributed by atoms with Crippen LogP contribution in [0.15, 0.2) is 29.4 Å². The van der Waals surface area contributed by atoms with E-state index in [0.717, 1.165) is 11.8 Å². The summed E-state index contributed by atoms with van der Waals surface area (Å²) in [5.74, 6) is -1.17. The summed E-state index contributed by atoms with van der Waals surface area (Å²) in [6.45, 7) is 0. The number of amides is 3. The van der Waals surface area contributed by atoms with E-state index in [1.165, 1.54) is 22.9 Å². The summed E-state index contributed by atoms with van der Waals surface area (Å²) in [4.78, 5) is 23.1. The molecule has 2 rings (SSSR count). The number of urea groups is 1. The molecule has 1 aromatic carbocycles. The number of aryl methyl sites for hydroxylation is 1. The molecule has 8 nitrogen and oxygen atoms in total. The van der Waals surface area contributed by atoms with Crippen LogP contribution in [-0.4, -0.2) is 37.9 Å². The highest BCUT2D eigenvalue weighted by molar-refractivity contribution is 7.99. The number of hydrogen-bond acceptors (Lipinski definition) is 6. The van der Waals surface area contributed by atoms with E-state index in [4.69, 9.17) is 0 Å². The molecule has 2 aromatic rings. The predicted molar refractivity (Wildman–Crippen MR) is 73.1 cm³/mol. The number of tetrazole rings is 1. The van der Waals surface area contributed by atoms with Crippen LogP contribution >= 0.6 is 11.8 Å². The molecule has 0 atom stereocenters. The highest BCUT2D eigenvalue weighted by Crippen LogP contribution is 2.13. The maximum atomic E-state index is 13.3. The molecule has 110 valence electrons. The molecule has 0 aliphatic rings. The zero-order valence-electron chi connectivity index (χ0n) is 10.9. The van der Waals surface area contributed by atoms with Crippen molar-refractivity contribution >= 4 is 29.4 Å². The van der Waals surface area contributed by atoms with Crippen LogP contribution in [0.4, 0.5) is 14.9 Å². The molecular weight excluding hydrogens is 299 g/mol. The smallest absolute Gasteiger partial charge is 0.305 e. The molecule has 0 spiro atoms. The summed E-state index contributed by atoms with van der Waals surface area (Å²) in [6.07, 6.45) is 0. The monoisotopic (exact) mass is 310 g/mol. The fourth-order valence-corrected chi connectivity index (χ4v) is 2.00. The van der Waals surface area contributed by atoms with E-state index in [9.17, 15) is 14.0 Å². The molecule has 0 aliphatic carbocycles. The van der Waals surface area contributed by atoms with E-state index >= 15 is 0 Å². The maximum absolute atomic E-state index is 13.3. The van der Waals surface area contributed by atoms with Crippen LogP contribution in [0.25, 0.3) is 0 Å². The summed E-state index contributed by atoms with van der Waals surface area (Å²) in [6, 6.07) is 4.85. The molecule has 0 radical (unpaired) electrons. The number of halogens is 1. The molecule has 10 heteroatoms. The maximum Gasteiger partial charge on any atom is 0.325 e. The first-order valence-electron chi connectivity index (χ1n) is 5.77. The lowest BCUT2D eigenvalue weighted by molar-refractivity contribution is -0.117. The number of para-hydroxylation sites is 1. The second kappa shape index (κ2) is 6.79. The van der Waals surface area contributed by atoms with Crippen LogP contribution < -0.4 is 10.6 Å². The SMILES string of the molecule is Cn1nnnc1SCC(=O)NC(=O)Nc1ccccc1F. The third-order valence-corrected chi connectivity index (χ3v) is 3.30. The fraction of sp³-hybridized carbons (Fsp3) is 0.182. The first kappa shape index (κ1) is 14.9. The Labute approximate surface area is 123 Å². The van der Waals surface area contributed by atoms with Gasteiger partial charge in [0.15, 0.2) is 0 Å². The molecule has 0 bridgehead atoms. The van der Waals surface area contributed by atoms with Gasteiger partial charge in [0, 0.05) is 7.05 Å². The normalized spacial score (nSPS) is 10.2. The van der Waals surface area contributed by atoms with E-state index in [1.54, 1.807) is 13.1 Å². The molecule has 0 unspecified atom stereocenters. The number of thioether (sulfide) groups is 1. The Balaban J connectivity index is 1.81. The lowest BCUT2D eigenvalue weighted by Gasteiger charge is -2.07. The van der Waals surface area contributed by atoms with Gasteiger partial charge in [0.1, 0.15) is 5.82 Å². The van der Waals surface area contributed by atoms with Crippen molar-refractivity contribution in [3.05, 3.63) is 30.1 Å². The molecular formula is C11H11FN6O2S. The number of benzene rings is 1. The minimum atomic E-state index is -0.804. The summed E-state index contributed by atoms with van der Waals surface area (Å²) in [5, 5.41) is 15.5. The number of imide groups is 1. The molecule has 1 heterocycles. The molecule has 0 saturated carbocycles. The van der Waals surface area contributed by atoms with Gasteiger partial charge in [0.2, 0.25) is 11.1 Å². The molecule has 0 saturated heterocycles. The number of anilines is 1. The molecule has 0 aliphatic heterocycles. The third-order valence-electron chi connectivity index (χ3n) is 2.29. The second-order valence-corrected chi connectivity index (χ2v) is 4.80. The summed E-state index contributed by atoms with van der Waals surface area (Å²) < 4.78 is 14.7. The zero-order valence-corrected chi connectivity index (χ0v) is 11.7. The van der Waals surface area contributed by atoms with Gasteiger partial charge >= 0.3 is 6.03 Å². The summed E-state index contributed by atoms with van der Waals surface area (Å²) in [5.41, 5.74) is -0.00652. The molecule has 0 fully saturated rings. The van der Waals surface area contributed by atoms with Crippen molar-refractivity contribution in [2.75, 3.05) is 11.1 Å². The predicted octanol–water partition coefficient (Wildman–Crippen LogP) is 0.790. The van der Waals surface area contributed by atoms with Crippen molar-refractivity contribution in [1.29, 1.82) is 0 Å². The van der Waals surface area contributed by atoms with Gasteiger partial charge < -0.3 is 5.32 Å². The van der Waals surface area contributed by atoms with Gasteiger partial charge in [0.05, 0.1) is 11.4 Å². The van der Waals surface area contributed by atoms with Crippen LogP contribution in [-0.2, 0) is 11.8 Å². The Hall–Kier alpha value is -2.49.